The summed E-state index contributed by atoms with van der Waals surface area (Å²) in [7, 11) is 0. The highest BCUT2D eigenvalue weighted by Crippen LogP contribution is 2.80. The first kappa shape index (κ1) is 23.3. The van der Waals surface area contributed by atoms with Gasteiger partial charge in [-0.2, -0.15) is 0 Å². The summed E-state index contributed by atoms with van der Waals surface area (Å²) in [6.07, 6.45) is 5.22. The third kappa shape index (κ3) is 2.53. The van der Waals surface area contributed by atoms with Gasteiger partial charge in [-0.1, -0.05) is 34.6 Å². The highest BCUT2D eigenvalue weighted by molar-refractivity contribution is 5.86. The zero-order valence-electron chi connectivity index (χ0n) is 21.5. The lowest BCUT2D eigenvalue weighted by molar-refractivity contribution is -0.263. The highest BCUT2D eigenvalue weighted by Gasteiger charge is 2.88. The molecule has 3 aliphatic carbocycles. The molecular formula is C28H36O7. The van der Waals surface area contributed by atoms with Crippen molar-refractivity contribution in [3.8, 4) is 0 Å². The molecule has 0 radical (unpaired) electrons. The normalized spacial score (nSPS) is 49.6. The van der Waals surface area contributed by atoms with Crippen LogP contribution < -0.4 is 0 Å². The highest BCUT2D eigenvalue weighted by atomic mass is 16.7. The Morgan fingerprint density at radius 3 is 2.46 bits per heavy atom. The molecule has 0 amide bonds. The molecule has 3 heterocycles. The second-order valence-electron chi connectivity index (χ2n) is 12.9. The summed E-state index contributed by atoms with van der Waals surface area (Å²) in [4.78, 5) is 38.7. The van der Waals surface area contributed by atoms with Crippen LogP contribution in [0, 0.1) is 33.5 Å². The van der Waals surface area contributed by atoms with E-state index in [1.807, 2.05) is 6.07 Å². The lowest BCUT2D eigenvalue weighted by atomic mass is 9.35. The summed E-state index contributed by atoms with van der Waals surface area (Å²) in [5.41, 5.74) is -1.76. The van der Waals surface area contributed by atoms with E-state index in [9.17, 15) is 14.4 Å². The van der Waals surface area contributed by atoms with Gasteiger partial charge in [-0.3, -0.25) is 9.59 Å². The number of hydrogen-bond donors (Lipinski definition) is 0. The van der Waals surface area contributed by atoms with Gasteiger partial charge in [0.15, 0.2) is 6.10 Å². The van der Waals surface area contributed by atoms with E-state index in [-0.39, 0.29) is 35.0 Å². The first-order valence-electron chi connectivity index (χ1n) is 12.9. The van der Waals surface area contributed by atoms with Crippen LogP contribution in [0.25, 0.3) is 0 Å². The van der Waals surface area contributed by atoms with Crippen LogP contribution in [0.5, 0.6) is 0 Å². The molecule has 7 heteroatoms. The van der Waals surface area contributed by atoms with Gasteiger partial charge >= 0.3 is 11.9 Å². The van der Waals surface area contributed by atoms with Gasteiger partial charge < -0.3 is 18.6 Å². The molecule has 9 atom stereocenters. The molecule has 2 aliphatic heterocycles. The summed E-state index contributed by atoms with van der Waals surface area (Å²) in [6, 6.07) is 1.85. The lowest BCUT2D eigenvalue weighted by Crippen LogP contribution is -2.73. The van der Waals surface area contributed by atoms with Crippen molar-refractivity contribution in [1.29, 1.82) is 0 Å². The van der Waals surface area contributed by atoms with E-state index >= 15 is 0 Å². The van der Waals surface area contributed by atoms with E-state index in [4.69, 9.17) is 18.6 Å². The van der Waals surface area contributed by atoms with Crippen LogP contribution in [0.15, 0.2) is 23.0 Å². The number of rotatable bonds is 2. The van der Waals surface area contributed by atoms with E-state index in [2.05, 4.69) is 34.6 Å². The van der Waals surface area contributed by atoms with Crippen LogP contribution in [0.2, 0.25) is 0 Å². The second kappa shape index (κ2) is 6.78. The van der Waals surface area contributed by atoms with Gasteiger partial charge in [0, 0.05) is 35.2 Å². The maximum Gasteiger partial charge on any atom is 0.339 e. The number of ketones is 1. The Kier molecular flexibility index (Phi) is 4.51. The largest absolute Gasteiger partial charge is 0.472 e. The number of carbonyl (C=O) groups excluding carboxylic acids is 3. The van der Waals surface area contributed by atoms with E-state index in [0.717, 1.165) is 24.8 Å². The third-order valence-electron chi connectivity index (χ3n) is 11.3. The minimum Gasteiger partial charge on any atom is -0.472 e. The van der Waals surface area contributed by atoms with Crippen molar-refractivity contribution in [3.63, 3.8) is 0 Å². The van der Waals surface area contributed by atoms with E-state index in [0.29, 0.717) is 12.8 Å². The molecule has 1 aromatic rings. The predicted molar refractivity (Wildman–Crippen MR) is 124 cm³/mol. The van der Waals surface area contributed by atoms with E-state index < -0.39 is 40.2 Å². The van der Waals surface area contributed by atoms with Crippen LogP contribution in [0.3, 0.4) is 0 Å². The van der Waals surface area contributed by atoms with Crippen LogP contribution in [-0.4, -0.2) is 35.5 Å². The summed E-state index contributed by atoms with van der Waals surface area (Å²) in [6.45, 7) is 12.2. The number of epoxide rings is 1. The number of Topliss-reactive ketones (excluding diaryl/α,β-unsaturated/α-hetero) is 1. The topological polar surface area (TPSA) is 95.3 Å². The molecule has 190 valence electrons. The molecule has 3 saturated carbocycles. The summed E-state index contributed by atoms with van der Waals surface area (Å²) in [5, 5.41) is 0. The molecule has 6 rings (SSSR count). The molecule has 7 nitrogen and oxygen atoms in total. The fourth-order valence-corrected chi connectivity index (χ4v) is 9.69. The Hall–Kier alpha value is -2.15. The van der Waals surface area contributed by atoms with Crippen molar-refractivity contribution in [2.24, 2.45) is 33.5 Å². The molecule has 1 aromatic heterocycles. The van der Waals surface area contributed by atoms with Crippen molar-refractivity contribution in [3.05, 3.63) is 24.2 Å². The number of fused-ring (bicyclic) bond motifs is 3. The molecule has 1 spiro atoms. The fraction of sp³-hybridized carbons (Fsp3) is 0.750. The Morgan fingerprint density at radius 2 is 1.80 bits per heavy atom. The van der Waals surface area contributed by atoms with Crippen molar-refractivity contribution >= 4 is 17.7 Å². The zero-order valence-corrected chi connectivity index (χ0v) is 21.5. The van der Waals surface area contributed by atoms with Gasteiger partial charge in [0.2, 0.25) is 0 Å². The first-order chi connectivity index (χ1) is 16.3. The average molecular weight is 485 g/mol. The average Bonchev–Trinajstić information content (AvgIpc) is 3.35. The van der Waals surface area contributed by atoms with Gasteiger partial charge in [-0.25, -0.2) is 4.79 Å². The monoisotopic (exact) mass is 484 g/mol. The number of carbonyl (C=O) groups is 3. The molecular weight excluding hydrogens is 448 g/mol. The minimum absolute atomic E-state index is 0.0804. The quantitative estimate of drug-likeness (QED) is 0.440. The van der Waals surface area contributed by atoms with Crippen LogP contribution in [0.4, 0.5) is 0 Å². The van der Waals surface area contributed by atoms with Crippen LogP contribution in [0.1, 0.15) is 85.3 Å². The van der Waals surface area contributed by atoms with Gasteiger partial charge in [-0.05, 0) is 49.0 Å². The molecule has 0 N–H and O–H groups in total. The molecule has 0 bridgehead atoms. The predicted octanol–water partition coefficient (Wildman–Crippen LogP) is 4.78. The summed E-state index contributed by atoms with van der Waals surface area (Å²) in [5.74, 6) is -0.213. The van der Waals surface area contributed by atoms with Crippen molar-refractivity contribution in [2.45, 2.75) is 97.6 Å². The van der Waals surface area contributed by atoms with Gasteiger partial charge in [-0.15, -0.1) is 0 Å². The Labute approximate surface area is 206 Å². The van der Waals surface area contributed by atoms with Crippen molar-refractivity contribution in [1.82, 2.24) is 0 Å². The first-order valence-corrected chi connectivity index (χ1v) is 12.9. The van der Waals surface area contributed by atoms with Crippen molar-refractivity contribution in [2.75, 3.05) is 0 Å². The van der Waals surface area contributed by atoms with Crippen LogP contribution >= 0.6 is 0 Å². The van der Waals surface area contributed by atoms with Gasteiger partial charge in [0.25, 0.3) is 0 Å². The second-order valence-corrected chi connectivity index (χ2v) is 12.9. The molecule has 5 aliphatic rings. The summed E-state index contributed by atoms with van der Waals surface area (Å²) >= 11 is 0. The smallest absolute Gasteiger partial charge is 0.339 e. The molecule has 0 aromatic carbocycles. The summed E-state index contributed by atoms with van der Waals surface area (Å²) < 4.78 is 24.0. The Bertz CT molecular complexity index is 1110. The SMILES string of the molecule is CC(=O)O[C@H]1C[C@@H]2C(C)(C)C(=O)CC[C@]2(C)[C@H]2CC[C@@]3(C)[C@H](c4ccoc4)OC(=O)[C@@H]4O[C@@]43[C@]12C. The molecule has 2 saturated heterocycles. The Morgan fingerprint density at radius 1 is 1.06 bits per heavy atom. The minimum atomic E-state index is -0.820. The van der Waals surface area contributed by atoms with Crippen molar-refractivity contribution < 1.29 is 33.0 Å². The maximum absolute atomic E-state index is 13.3. The fourth-order valence-electron chi connectivity index (χ4n) is 9.69. The maximum atomic E-state index is 13.3. The number of hydrogen-bond acceptors (Lipinski definition) is 7. The Balaban J connectivity index is 1.53. The lowest BCUT2D eigenvalue weighted by Gasteiger charge is -2.69. The van der Waals surface area contributed by atoms with Crippen LogP contribution in [-0.2, 0) is 28.6 Å². The van der Waals surface area contributed by atoms with Gasteiger partial charge in [0.05, 0.1) is 12.5 Å². The zero-order chi connectivity index (χ0) is 25.2. The number of cyclic esters (lactones) is 1. The standard InChI is InChI=1S/C28H36O7/c1-15(29)33-20-13-18-24(2,3)19(30)8-10-25(18,4)17-7-11-26(5)21(16-9-12-32-14-16)34-23(31)22-28(26,35-22)27(17,20)6/h9,12,14,17-18,20-22H,7-8,10-11,13H2,1-6H3/t17-,18-,20+,21+,22+,25-,26+,27+,28+/m1/s1. The molecule has 5 fully saturated rings. The molecule has 35 heavy (non-hydrogen) atoms. The van der Waals surface area contributed by atoms with E-state index in [1.165, 1.54) is 6.92 Å². The number of esters is 2. The molecule has 0 unspecified atom stereocenters. The van der Waals surface area contributed by atoms with Gasteiger partial charge in [0.1, 0.15) is 23.6 Å². The number of furan rings is 1. The number of ether oxygens (including phenoxy) is 3. The third-order valence-corrected chi connectivity index (χ3v) is 11.3. The van der Waals surface area contributed by atoms with E-state index in [1.54, 1.807) is 12.5 Å².